The van der Waals surface area contributed by atoms with E-state index in [2.05, 4.69) is 4.98 Å². The molecule has 0 spiro atoms. The van der Waals surface area contributed by atoms with Crippen molar-refractivity contribution >= 4 is 21.6 Å². The predicted octanol–water partition coefficient (Wildman–Crippen LogP) is 3.70. The molecule has 22 heavy (non-hydrogen) atoms. The average Bonchev–Trinajstić information content (AvgIpc) is 2.97. The van der Waals surface area contributed by atoms with Gasteiger partial charge >= 0.3 is 0 Å². The van der Waals surface area contributed by atoms with Crippen LogP contribution >= 0.6 is 11.3 Å². The van der Waals surface area contributed by atoms with Crippen molar-refractivity contribution < 1.29 is 14.6 Å². The Balaban J connectivity index is 1.99. The first kappa shape index (κ1) is 14.8. The minimum Gasteiger partial charge on any atom is -0.497 e. The van der Waals surface area contributed by atoms with Gasteiger partial charge in [0.1, 0.15) is 22.6 Å². The quantitative estimate of drug-likeness (QED) is 0.797. The number of aliphatic hydroxyl groups excluding tert-OH is 1. The number of thiazole rings is 1. The summed E-state index contributed by atoms with van der Waals surface area (Å²) in [5, 5.41) is 11.3. The summed E-state index contributed by atoms with van der Waals surface area (Å²) < 4.78 is 11.5. The van der Waals surface area contributed by atoms with Crippen LogP contribution in [0.25, 0.3) is 10.2 Å². The molecule has 0 saturated carbocycles. The van der Waals surface area contributed by atoms with Crippen molar-refractivity contribution in [1.29, 1.82) is 0 Å². The Morgan fingerprint density at radius 1 is 1.09 bits per heavy atom. The largest absolute Gasteiger partial charge is 0.497 e. The fourth-order valence-electron chi connectivity index (χ4n) is 2.32. The Bertz CT molecular complexity index is 813. The zero-order chi connectivity index (χ0) is 15.7. The topological polar surface area (TPSA) is 51.6 Å². The summed E-state index contributed by atoms with van der Waals surface area (Å²) in [4.78, 5) is 4.51. The smallest absolute Gasteiger partial charge is 0.131 e. The number of hydrogen-bond donors (Lipinski definition) is 1. The van der Waals surface area contributed by atoms with Crippen molar-refractivity contribution in [3.63, 3.8) is 0 Å². The molecule has 0 saturated heterocycles. The lowest BCUT2D eigenvalue weighted by atomic mass is 10.1. The summed E-state index contributed by atoms with van der Waals surface area (Å²) in [7, 11) is 3.26. The minimum atomic E-state index is -0.766. The van der Waals surface area contributed by atoms with E-state index in [1.165, 1.54) is 11.3 Å². The summed E-state index contributed by atoms with van der Waals surface area (Å²) in [5.74, 6) is 1.55. The number of aliphatic hydroxyl groups is 1. The summed E-state index contributed by atoms with van der Waals surface area (Å²) >= 11 is 1.47. The third-order valence-corrected chi connectivity index (χ3v) is 4.66. The highest BCUT2D eigenvalue weighted by Gasteiger charge is 2.17. The van der Waals surface area contributed by atoms with E-state index in [9.17, 15) is 5.11 Å². The van der Waals surface area contributed by atoms with E-state index < -0.39 is 6.10 Å². The number of hydrogen-bond acceptors (Lipinski definition) is 5. The number of aryl methyl sites for hydroxylation is 1. The van der Waals surface area contributed by atoms with E-state index in [4.69, 9.17) is 9.47 Å². The number of ether oxygens (including phenoxy) is 2. The van der Waals surface area contributed by atoms with Gasteiger partial charge in [0.05, 0.1) is 24.4 Å². The summed E-state index contributed by atoms with van der Waals surface area (Å²) in [6.07, 6.45) is -0.766. The van der Waals surface area contributed by atoms with Gasteiger partial charge < -0.3 is 14.6 Å². The summed E-state index contributed by atoms with van der Waals surface area (Å²) in [5.41, 5.74) is 2.67. The number of aromatic nitrogens is 1. The third-order valence-electron chi connectivity index (χ3n) is 3.59. The fraction of sp³-hybridized carbons (Fsp3) is 0.235. The minimum absolute atomic E-state index is 0.661. The van der Waals surface area contributed by atoms with Crippen molar-refractivity contribution in [3.05, 3.63) is 52.5 Å². The molecular formula is C17H17NO3S. The number of nitrogens with zero attached hydrogens (tertiary/aromatic N) is 1. The van der Waals surface area contributed by atoms with Gasteiger partial charge in [-0.2, -0.15) is 0 Å². The molecule has 1 atom stereocenters. The van der Waals surface area contributed by atoms with E-state index >= 15 is 0 Å². The number of rotatable bonds is 4. The van der Waals surface area contributed by atoms with Gasteiger partial charge in [-0.3, -0.25) is 0 Å². The highest BCUT2D eigenvalue weighted by Crippen LogP contribution is 2.33. The average molecular weight is 315 g/mol. The molecule has 0 aliphatic heterocycles. The molecule has 0 bridgehead atoms. The van der Waals surface area contributed by atoms with Crippen LogP contribution in [0.15, 0.2) is 36.4 Å². The van der Waals surface area contributed by atoms with Gasteiger partial charge in [0.15, 0.2) is 0 Å². The highest BCUT2D eigenvalue weighted by molar-refractivity contribution is 7.18. The van der Waals surface area contributed by atoms with Crippen LogP contribution in [0, 0.1) is 6.92 Å². The first-order chi connectivity index (χ1) is 10.6. The molecular weight excluding hydrogens is 298 g/mol. The van der Waals surface area contributed by atoms with Gasteiger partial charge in [0.25, 0.3) is 0 Å². The van der Waals surface area contributed by atoms with Gasteiger partial charge in [-0.25, -0.2) is 4.98 Å². The predicted molar refractivity (Wildman–Crippen MR) is 88.0 cm³/mol. The van der Waals surface area contributed by atoms with E-state index in [1.54, 1.807) is 14.2 Å². The summed E-state index contributed by atoms with van der Waals surface area (Å²) in [6.45, 7) is 1.97. The van der Waals surface area contributed by atoms with Gasteiger partial charge in [-0.1, -0.05) is 12.1 Å². The molecule has 5 heteroatoms. The zero-order valence-corrected chi connectivity index (χ0v) is 13.5. The second-order valence-corrected chi connectivity index (χ2v) is 6.08. The molecule has 3 rings (SSSR count). The van der Waals surface area contributed by atoms with Crippen LogP contribution in [0.3, 0.4) is 0 Å². The van der Waals surface area contributed by atoms with Crippen molar-refractivity contribution in [2.45, 2.75) is 13.0 Å². The SMILES string of the molecule is COc1ccc2nc(C(O)c3ccc(C)c(OC)c3)sc2c1. The van der Waals surface area contributed by atoms with Crippen LogP contribution in [-0.2, 0) is 0 Å². The molecule has 114 valence electrons. The van der Waals surface area contributed by atoms with Gasteiger partial charge in [-0.15, -0.1) is 11.3 Å². The number of benzene rings is 2. The zero-order valence-electron chi connectivity index (χ0n) is 12.7. The van der Waals surface area contributed by atoms with Gasteiger partial charge in [0.2, 0.25) is 0 Å². The van der Waals surface area contributed by atoms with E-state index in [0.717, 1.165) is 32.8 Å². The van der Waals surface area contributed by atoms with Crippen LogP contribution in [0.5, 0.6) is 11.5 Å². The molecule has 4 nitrogen and oxygen atoms in total. The monoisotopic (exact) mass is 315 g/mol. The molecule has 1 aromatic heterocycles. The molecule has 0 fully saturated rings. The van der Waals surface area contributed by atoms with Crippen molar-refractivity contribution in [2.24, 2.45) is 0 Å². The Morgan fingerprint density at radius 2 is 1.91 bits per heavy atom. The van der Waals surface area contributed by atoms with Crippen molar-refractivity contribution in [3.8, 4) is 11.5 Å². The molecule has 0 radical (unpaired) electrons. The van der Waals surface area contributed by atoms with Crippen LogP contribution in [-0.4, -0.2) is 24.3 Å². The Labute approximate surface area is 133 Å². The maximum absolute atomic E-state index is 10.6. The van der Waals surface area contributed by atoms with Crippen LogP contribution < -0.4 is 9.47 Å². The molecule has 3 aromatic rings. The maximum atomic E-state index is 10.6. The molecule has 0 aliphatic carbocycles. The fourth-order valence-corrected chi connectivity index (χ4v) is 3.33. The Kier molecular flexibility index (Phi) is 4.00. The van der Waals surface area contributed by atoms with Crippen molar-refractivity contribution in [2.75, 3.05) is 14.2 Å². The Morgan fingerprint density at radius 3 is 2.64 bits per heavy atom. The molecule has 2 aromatic carbocycles. The third kappa shape index (κ3) is 2.65. The number of methoxy groups -OCH3 is 2. The second kappa shape index (κ2) is 5.94. The molecule has 0 aliphatic rings. The summed E-state index contributed by atoms with van der Waals surface area (Å²) in [6, 6.07) is 11.4. The van der Waals surface area contributed by atoms with Crippen LogP contribution in [0.4, 0.5) is 0 Å². The number of fused-ring (bicyclic) bond motifs is 1. The molecule has 1 unspecified atom stereocenters. The van der Waals surface area contributed by atoms with Gasteiger partial charge in [-0.05, 0) is 42.3 Å². The Hall–Kier alpha value is -2.11. The lowest BCUT2D eigenvalue weighted by molar-refractivity contribution is 0.219. The van der Waals surface area contributed by atoms with Gasteiger partial charge in [0, 0.05) is 0 Å². The second-order valence-electron chi connectivity index (χ2n) is 5.02. The van der Waals surface area contributed by atoms with E-state index in [-0.39, 0.29) is 0 Å². The lowest BCUT2D eigenvalue weighted by Gasteiger charge is -2.11. The standard InChI is InChI=1S/C17H17NO3S/c1-10-4-5-11(8-14(10)21-3)16(19)17-18-13-7-6-12(20-2)9-15(13)22-17/h4-9,16,19H,1-3H3. The molecule has 0 amide bonds. The molecule has 1 heterocycles. The first-order valence-corrected chi connectivity index (χ1v) is 7.71. The van der Waals surface area contributed by atoms with E-state index in [0.29, 0.717) is 5.01 Å². The van der Waals surface area contributed by atoms with Crippen LogP contribution in [0.2, 0.25) is 0 Å². The highest BCUT2D eigenvalue weighted by atomic mass is 32.1. The van der Waals surface area contributed by atoms with Crippen LogP contribution in [0.1, 0.15) is 22.2 Å². The lowest BCUT2D eigenvalue weighted by Crippen LogP contribution is -2.00. The normalized spacial score (nSPS) is 12.4. The van der Waals surface area contributed by atoms with Crippen molar-refractivity contribution in [1.82, 2.24) is 4.98 Å². The first-order valence-electron chi connectivity index (χ1n) is 6.89. The maximum Gasteiger partial charge on any atom is 0.131 e. The van der Waals surface area contributed by atoms with E-state index in [1.807, 2.05) is 43.3 Å². The molecule has 1 N–H and O–H groups in total.